The van der Waals surface area contributed by atoms with Crippen molar-refractivity contribution >= 4 is 46.1 Å². The lowest BCUT2D eigenvalue weighted by atomic mass is 10.1. The van der Waals surface area contributed by atoms with Crippen LogP contribution in [0, 0.1) is 0 Å². The van der Waals surface area contributed by atoms with Crippen LogP contribution >= 0.6 is 23.2 Å². The summed E-state index contributed by atoms with van der Waals surface area (Å²) in [5.41, 5.74) is 0.650. The Balaban J connectivity index is 2.58. The summed E-state index contributed by atoms with van der Waals surface area (Å²) >= 11 is 12.7. The van der Waals surface area contributed by atoms with Crippen molar-refractivity contribution in [2.45, 2.75) is 39.7 Å². The largest absolute Gasteiger partial charge is 0.494 e. The van der Waals surface area contributed by atoms with E-state index in [0.29, 0.717) is 39.7 Å². The zero-order valence-corrected chi connectivity index (χ0v) is 16.9. The molecular formula is C18H22Cl2N2O4. The molecule has 8 heteroatoms. The first kappa shape index (κ1) is 20.4. The molecule has 0 spiro atoms. The molecule has 0 aliphatic heterocycles. The Labute approximate surface area is 162 Å². The highest BCUT2D eigenvalue weighted by Crippen LogP contribution is 2.41. The first-order chi connectivity index (χ1) is 12.0. The Morgan fingerprint density at radius 2 is 1.92 bits per heavy atom. The molecule has 2 aromatic rings. The molecule has 0 radical (unpaired) electrons. The third-order valence-electron chi connectivity index (χ3n) is 3.58. The molecule has 1 N–H and O–H groups in total. The highest BCUT2D eigenvalue weighted by atomic mass is 35.5. The van der Waals surface area contributed by atoms with Crippen molar-refractivity contribution in [3.05, 3.63) is 27.9 Å². The highest BCUT2D eigenvalue weighted by Gasteiger charge is 2.24. The number of ether oxygens (including phenoxy) is 2. The maximum absolute atomic E-state index is 12.6. The van der Waals surface area contributed by atoms with E-state index < -0.39 is 11.7 Å². The lowest BCUT2D eigenvalue weighted by Crippen LogP contribution is -2.26. The van der Waals surface area contributed by atoms with Gasteiger partial charge in [-0.05, 0) is 38.8 Å². The number of methoxy groups -OCH3 is 1. The summed E-state index contributed by atoms with van der Waals surface area (Å²) in [5.74, 6) is 0.205. The molecule has 26 heavy (non-hydrogen) atoms. The van der Waals surface area contributed by atoms with Gasteiger partial charge in [0.15, 0.2) is 5.75 Å². The molecule has 0 unspecified atom stereocenters. The fraction of sp³-hybridized carbons (Fsp3) is 0.444. The minimum absolute atomic E-state index is 0.132. The third-order valence-corrected chi connectivity index (χ3v) is 4.22. The Morgan fingerprint density at radius 1 is 1.27 bits per heavy atom. The summed E-state index contributed by atoms with van der Waals surface area (Å²) in [6.45, 7) is 7.22. The van der Waals surface area contributed by atoms with E-state index in [0.717, 1.165) is 5.56 Å². The molecule has 1 heterocycles. The van der Waals surface area contributed by atoms with Crippen LogP contribution in [-0.2, 0) is 16.0 Å². The van der Waals surface area contributed by atoms with Crippen LogP contribution in [0.1, 0.15) is 33.3 Å². The van der Waals surface area contributed by atoms with E-state index in [1.165, 1.54) is 18.6 Å². The topological polar surface area (TPSA) is 69.6 Å². The monoisotopic (exact) mass is 400 g/mol. The standard InChI is InChI=1S/C18H22Cl2N2O4/c1-10(23)21-7-6-11-9-22(17(24)26-18(2,3)4)13-8-12(19)16(25-5)15(20)14(11)13/h8-9H,6-7H2,1-5H3,(H,21,23). The van der Waals surface area contributed by atoms with Crippen LogP contribution in [0.15, 0.2) is 12.3 Å². The quantitative estimate of drug-likeness (QED) is 0.824. The number of nitrogens with zero attached hydrogens (tertiary/aromatic N) is 1. The average Bonchev–Trinajstić information content (AvgIpc) is 2.84. The van der Waals surface area contributed by atoms with E-state index in [-0.39, 0.29) is 5.91 Å². The van der Waals surface area contributed by atoms with Gasteiger partial charge in [-0.2, -0.15) is 0 Å². The molecule has 0 bridgehead atoms. The smallest absolute Gasteiger partial charge is 0.419 e. The van der Waals surface area contributed by atoms with Gasteiger partial charge in [0.25, 0.3) is 0 Å². The van der Waals surface area contributed by atoms with Gasteiger partial charge in [-0.15, -0.1) is 0 Å². The normalized spacial score (nSPS) is 11.5. The summed E-state index contributed by atoms with van der Waals surface area (Å²) in [6, 6.07) is 1.62. The average molecular weight is 401 g/mol. The van der Waals surface area contributed by atoms with Gasteiger partial charge < -0.3 is 14.8 Å². The van der Waals surface area contributed by atoms with Gasteiger partial charge in [0, 0.05) is 25.1 Å². The second-order valence-electron chi connectivity index (χ2n) is 6.84. The van der Waals surface area contributed by atoms with E-state index in [1.54, 1.807) is 33.0 Å². The number of fused-ring (bicyclic) bond motifs is 1. The summed E-state index contributed by atoms with van der Waals surface area (Å²) < 4.78 is 12.1. The van der Waals surface area contributed by atoms with Gasteiger partial charge in [-0.25, -0.2) is 4.79 Å². The minimum atomic E-state index is -0.649. The first-order valence-electron chi connectivity index (χ1n) is 8.09. The van der Waals surface area contributed by atoms with Crippen LogP contribution in [0.3, 0.4) is 0 Å². The fourth-order valence-corrected chi connectivity index (χ4v) is 3.31. The molecule has 1 aromatic carbocycles. The van der Waals surface area contributed by atoms with Crippen LogP contribution in [0.5, 0.6) is 5.75 Å². The predicted octanol–water partition coefficient (Wildman–Crippen LogP) is 4.42. The molecule has 0 aliphatic rings. The maximum atomic E-state index is 12.6. The predicted molar refractivity (Wildman–Crippen MR) is 103 cm³/mol. The summed E-state index contributed by atoms with van der Waals surface area (Å²) in [5, 5.41) is 3.98. The molecule has 0 aliphatic carbocycles. The number of nitrogens with one attached hydrogen (secondary N) is 1. The second-order valence-corrected chi connectivity index (χ2v) is 7.62. The minimum Gasteiger partial charge on any atom is -0.494 e. The SMILES string of the molecule is COc1c(Cl)cc2c(c(CCNC(C)=O)cn2C(=O)OC(C)(C)C)c1Cl. The summed E-state index contributed by atoms with van der Waals surface area (Å²) in [6.07, 6.45) is 1.60. The summed E-state index contributed by atoms with van der Waals surface area (Å²) in [7, 11) is 1.47. The van der Waals surface area contributed by atoms with Crippen LogP contribution in [0.4, 0.5) is 4.79 Å². The van der Waals surface area contributed by atoms with E-state index in [4.69, 9.17) is 32.7 Å². The van der Waals surface area contributed by atoms with Crippen LogP contribution in [0.2, 0.25) is 10.0 Å². The molecule has 1 aromatic heterocycles. The Bertz CT molecular complexity index is 853. The Kier molecular flexibility index (Phi) is 6.09. The van der Waals surface area contributed by atoms with Crippen molar-refractivity contribution in [3.63, 3.8) is 0 Å². The molecule has 0 fully saturated rings. The van der Waals surface area contributed by atoms with E-state index in [1.807, 2.05) is 0 Å². The number of hydrogen-bond acceptors (Lipinski definition) is 4. The van der Waals surface area contributed by atoms with E-state index >= 15 is 0 Å². The van der Waals surface area contributed by atoms with Gasteiger partial charge >= 0.3 is 6.09 Å². The molecule has 2 rings (SSSR count). The van der Waals surface area contributed by atoms with Crippen molar-refractivity contribution in [1.29, 1.82) is 0 Å². The van der Waals surface area contributed by atoms with Crippen LogP contribution < -0.4 is 10.1 Å². The second kappa shape index (κ2) is 7.76. The van der Waals surface area contributed by atoms with Crippen LogP contribution in [0.25, 0.3) is 10.9 Å². The van der Waals surface area contributed by atoms with Crippen LogP contribution in [-0.4, -0.2) is 35.8 Å². The Morgan fingerprint density at radius 3 is 2.46 bits per heavy atom. The molecule has 142 valence electrons. The molecular weight excluding hydrogens is 379 g/mol. The fourth-order valence-electron chi connectivity index (χ4n) is 2.59. The lowest BCUT2D eigenvalue weighted by Gasteiger charge is -2.20. The van der Waals surface area contributed by atoms with Crippen molar-refractivity contribution in [2.75, 3.05) is 13.7 Å². The van der Waals surface area contributed by atoms with Gasteiger partial charge in [0.1, 0.15) is 5.60 Å². The molecule has 1 amide bonds. The maximum Gasteiger partial charge on any atom is 0.419 e. The van der Waals surface area contributed by atoms with E-state index in [9.17, 15) is 9.59 Å². The Hall–Kier alpha value is -1.92. The zero-order chi connectivity index (χ0) is 19.6. The van der Waals surface area contributed by atoms with Gasteiger partial charge in [-0.3, -0.25) is 9.36 Å². The lowest BCUT2D eigenvalue weighted by molar-refractivity contribution is -0.118. The molecule has 0 atom stereocenters. The number of aromatic nitrogens is 1. The number of benzene rings is 1. The molecule has 0 saturated carbocycles. The third kappa shape index (κ3) is 4.43. The van der Waals surface area contributed by atoms with Gasteiger partial charge in [0.2, 0.25) is 5.91 Å². The number of hydrogen-bond donors (Lipinski definition) is 1. The molecule has 6 nitrogen and oxygen atoms in total. The number of carbonyl (C=O) groups is 2. The number of rotatable bonds is 4. The van der Waals surface area contributed by atoms with Crippen molar-refractivity contribution in [3.8, 4) is 5.75 Å². The van der Waals surface area contributed by atoms with Crippen molar-refractivity contribution in [2.24, 2.45) is 0 Å². The number of carbonyl (C=O) groups excluding carboxylic acids is 2. The number of halogens is 2. The zero-order valence-electron chi connectivity index (χ0n) is 15.4. The molecule has 0 saturated heterocycles. The van der Waals surface area contributed by atoms with Gasteiger partial charge in [0.05, 0.1) is 22.7 Å². The summed E-state index contributed by atoms with van der Waals surface area (Å²) in [4.78, 5) is 23.7. The van der Waals surface area contributed by atoms with Crippen molar-refractivity contribution < 1.29 is 19.1 Å². The number of amides is 1. The van der Waals surface area contributed by atoms with E-state index in [2.05, 4.69) is 5.32 Å². The highest BCUT2D eigenvalue weighted by molar-refractivity contribution is 6.41. The first-order valence-corrected chi connectivity index (χ1v) is 8.84. The van der Waals surface area contributed by atoms with Gasteiger partial charge in [-0.1, -0.05) is 23.2 Å². The van der Waals surface area contributed by atoms with Crippen molar-refractivity contribution in [1.82, 2.24) is 9.88 Å².